The molecule has 0 aliphatic heterocycles. The van der Waals surface area contributed by atoms with Crippen molar-refractivity contribution >= 4 is 65.3 Å². The fourth-order valence-electron chi connectivity index (χ4n) is 7.77. The largest absolute Gasteiger partial charge is 0.455 e. The zero-order valence-electron chi connectivity index (χ0n) is 27.9. The van der Waals surface area contributed by atoms with Gasteiger partial charge in [-0.15, -0.1) is 0 Å². The van der Waals surface area contributed by atoms with Crippen LogP contribution >= 0.6 is 0 Å². The molecule has 0 radical (unpaired) electrons. The lowest BCUT2D eigenvalue weighted by atomic mass is 10.0. The molecule has 11 aromatic rings. The fourth-order valence-corrected chi connectivity index (χ4v) is 7.77. The summed E-state index contributed by atoms with van der Waals surface area (Å²) >= 11 is 0. The van der Waals surface area contributed by atoms with Gasteiger partial charge in [0.2, 0.25) is 0 Å². The second-order valence-electron chi connectivity index (χ2n) is 13.2. The quantitative estimate of drug-likeness (QED) is 0.176. The Bertz CT molecular complexity index is 3120. The Labute approximate surface area is 298 Å². The number of hydrogen-bond acceptors (Lipinski definition) is 4. The number of aromatic nitrogens is 4. The summed E-state index contributed by atoms with van der Waals surface area (Å²) in [5.41, 5.74) is 7.51. The van der Waals surface area contributed by atoms with Crippen LogP contribution in [0, 0.1) is 0 Å². The highest BCUT2D eigenvalue weighted by atomic mass is 16.3. The van der Waals surface area contributed by atoms with Crippen molar-refractivity contribution in [3.8, 4) is 39.9 Å². The molecule has 0 N–H and O–H groups in total. The second-order valence-corrected chi connectivity index (χ2v) is 13.2. The molecule has 0 spiro atoms. The summed E-state index contributed by atoms with van der Waals surface area (Å²) in [6.45, 7) is 0. The number of benzene rings is 8. The molecule has 0 aliphatic rings. The monoisotopic (exact) mass is 664 g/mol. The standard InChI is InChI=1S/C47H28N4O/c1-3-13-29(14-4-1)45-48-46(30-15-5-2-6-16-30)50-47(49-45)37-23-24-40(43-36-20-10-12-22-42(36)52-44(37)43)51-39-21-11-9-19-35(39)38-27-33-25-31-17-7-8-18-32(31)26-34(33)28-41(38)51/h1-28H. The Hall–Kier alpha value is -7.11. The average molecular weight is 665 g/mol. The third kappa shape index (κ3) is 4.39. The maximum atomic E-state index is 6.80. The molecule has 0 aliphatic carbocycles. The molecule has 0 unspecified atom stereocenters. The summed E-state index contributed by atoms with van der Waals surface area (Å²) in [6.07, 6.45) is 0. The van der Waals surface area contributed by atoms with E-state index in [1.165, 1.54) is 32.3 Å². The van der Waals surface area contributed by atoms with Gasteiger partial charge in [-0.2, -0.15) is 0 Å². The molecular formula is C47H28N4O. The predicted molar refractivity (Wildman–Crippen MR) is 213 cm³/mol. The van der Waals surface area contributed by atoms with Crippen LogP contribution in [-0.4, -0.2) is 19.5 Å². The van der Waals surface area contributed by atoms with Crippen molar-refractivity contribution in [2.75, 3.05) is 0 Å². The molecule has 5 heteroatoms. The Morgan fingerprint density at radius 2 is 0.981 bits per heavy atom. The minimum atomic E-state index is 0.559. The summed E-state index contributed by atoms with van der Waals surface area (Å²) in [6, 6.07) is 59.2. The molecule has 0 fully saturated rings. The van der Waals surface area contributed by atoms with Crippen molar-refractivity contribution in [1.82, 2.24) is 19.5 Å². The Morgan fingerprint density at radius 3 is 1.69 bits per heavy atom. The first kappa shape index (κ1) is 28.7. The van der Waals surface area contributed by atoms with Crippen molar-refractivity contribution in [3.05, 3.63) is 170 Å². The van der Waals surface area contributed by atoms with Gasteiger partial charge < -0.3 is 8.98 Å². The zero-order chi connectivity index (χ0) is 34.2. The number of para-hydroxylation sites is 2. The number of fused-ring (bicyclic) bond motifs is 8. The van der Waals surface area contributed by atoms with Crippen molar-refractivity contribution < 1.29 is 4.42 Å². The molecule has 242 valence electrons. The van der Waals surface area contributed by atoms with Gasteiger partial charge in [0.1, 0.15) is 11.2 Å². The van der Waals surface area contributed by atoms with Crippen molar-refractivity contribution in [1.29, 1.82) is 0 Å². The molecule has 0 bridgehead atoms. The Kier molecular flexibility index (Phi) is 6.18. The van der Waals surface area contributed by atoms with Gasteiger partial charge in [0.25, 0.3) is 0 Å². The van der Waals surface area contributed by atoms with Crippen LogP contribution in [0.1, 0.15) is 0 Å². The minimum Gasteiger partial charge on any atom is -0.455 e. The van der Waals surface area contributed by atoms with Gasteiger partial charge in [-0.1, -0.05) is 121 Å². The van der Waals surface area contributed by atoms with Crippen LogP contribution in [0.3, 0.4) is 0 Å². The van der Waals surface area contributed by atoms with E-state index in [-0.39, 0.29) is 0 Å². The van der Waals surface area contributed by atoms with Crippen LogP contribution in [0.2, 0.25) is 0 Å². The third-order valence-electron chi connectivity index (χ3n) is 10.2. The number of rotatable bonds is 4. The summed E-state index contributed by atoms with van der Waals surface area (Å²) in [4.78, 5) is 15.1. The summed E-state index contributed by atoms with van der Waals surface area (Å²) in [7, 11) is 0. The molecule has 5 nitrogen and oxygen atoms in total. The van der Waals surface area contributed by atoms with Crippen molar-refractivity contribution in [3.63, 3.8) is 0 Å². The first-order valence-corrected chi connectivity index (χ1v) is 17.4. The lowest BCUT2D eigenvalue weighted by molar-refractivity contribution is 0.669. The summed E-state index contributed by atoms with van der Waals surface area (Å²) in [5, 5.41) is 9.35. The minimum absolute atomic E-state index is 0.559. The Morgan fingerprint density at radius 1 is 0.404 bits per heavy atom. The molecule has 0 saturated carbocycles. The highest BCUT2D eigenvalue weighted by molar-refractivity contribution is 6.18. The smallest absolute Gasteiger partial charge is 0.167 e. The molecular weight excluding hydrogens is 637 g/mol. The first-order valence-electron chi connectivity index (χ1n) is 17.4. The van der Waals surface area contributed by atoms with E-state index in [1.54, 1.807) is 0 Å². The van der Waals surface area contributed by atoms with Gasteiger partial charge in [0.15, 0.2) is 17.5 Å². The normalized spacial score (nSPS) is 11.8. The first-order chi connectivity index (χ1) is 25.8. The maximum absolute atomic E-state index is 6.80. The van der Waals surface area contributed by atoms with Gasteiger partial charge in [0.05, 0.1) is 27.7 Å². The van der Waals surface area contributed by atoms with Gasteiger partial charge in [-0.25, -0.2) is 15.0 Å². The van der Waals surface area contributed by atoms with Crippen LogP contribution in [0.5, 0.6) is 0 Å². The molecule has 8 aromatic carbocycles. The molecule has 3 heterocycles. The van der Waals surface area contributed by atoms with E-state index in [1.807, 2.05) is 72.8 Å². The molecule has 11 rings (SSSR count). The van der Waals surface area contributed by atoms with Gasteiger partial charge in [0, 0.05) is 27.3 Å². The van der Waals surface area contributed by atoms with E-state index >= 15 is 0 Å². The second kappa shape index (κ2) is 11.2. The zero-order valence-corrected chi connectivity index (χ0v) is 27.9. The Balaban J connectivity index is 1.22. The van der Waals surface area contributed by atoms with E-state index in [0.717, 1.165) is 55.3 Å². The number of furan rings is 1. The van der Waals surface area contributed by atoms with E-state index in [4.69, 9.17) is 19.4 Å². The van der Waals surface area contributed by atoms with E-state index in [9.17, 15) is 0 Å². The summed E-state index contributed by atoms with van der Waals surface area (Å²) in [5.74, 6) is 1.78. The van der Waals surface area contributed by atoms with Crippen molar-refractivity contribution in [2.45, 2.75) is 0 Å². The van der Waals surface area contributed by atoms with Gasteiger partial charge in [-0.05, 0) is 70.1 Å². The number of hydrogen-bond donors (Lipinski definition) is 0. The molecule has 52 heavy (non-hydrogen) atoms. The van der Waals surface area contributed by atoms with E-state index < -0.39 is 0 Å². The lowest BCUT2D eigenvalue weighted by Gasteiger charge is -2.13. The molecule has 3 aromatic heterocycles. The summed E-state index contributed by atoms with van der Waals surface area (Å²) < 4.78 is 9.19. The number of nitrogens with zero attached hydrogens (tertiary/aromatic N) is 4. The van der Waals surface area contributed by atoms with Crippen LogP contribution in [0.4, 0.5) is 0 Å². The predicted octanol–water partition coefficient (Wildman–Crippen LogP) is 12.2. The molecule has 0 amide bonds. The van der Waals surface area contributed by atoms with Gasteiger partial charge >= 0.3 is 0 Å². The van der Waals surface area contributed by atoms with Crippen LogP contribution in [0.15, 0.2) is 174 Å². The molecule has 0 atom stereocenters. The van der Waals surface area contributed by atoms with E-state index in [0.29, 0.717) is 17.5 Å². The topological polar surface area (TPSA) is 56.7 Å². The van der Waals surface area contributed by atoms with Crippen molar-refractivity contribution in [2.24, 2.45) is 0 Å². The van der Waals surface area contributed by atoms with E-state index in [2.05, 4.69) is 102 Å². The maximum Gasteiger partial charge on any atom is 0.167 e. The van der Waals surface area contributed by atoms with Crippen LogP contribution in [0.25, 0.3) is 105 Å². The van der Waals surface area contributed by atoms with Gasteiger partial charge in [-0.3, -0.25) is 0 Å². The highest BCUT2D eigenvalue weighted by Crippen LogP contribution is 2.43. The average Bonchev–Trinajstić information content (AvgIpc) is 3.75. The molecule has 0 saturated heterocycles. The fraction of sp³-hybridized carbons (Fsp3) is 0. The third-order valence-corrected chi connectivity index (χ3v) is 10.2. The van der Waals surface area contributed by atoms with Crippen LogP contribution < -0.4 is 0 Å². The SMILES string of the molecule is c1ccc(-c2nc(-c3ccccc3)nc(-c3ccc(-n4c5ccccc5c5cc6cc7ccccc7cc6cc54)c4c3oc3ccccc34)n2)cc1. The highest BCUT2D eigenvalue weighted by Gasteiger charge is 2.23. The lowest BCUT2D eigenvalue weighted by Crippen LogP contribution is -2.01. The van der Waals surface area contributed by atoms with Crippen LogP contribution in [-0.2, 0) is 0 Å².